The molecule has 0 unspecified atom stereocenters. The van der Waals surface area contributed by atoms with Gasteiger partial charge in [0.15, 0.2) is 0 Å². The lowest BCUT2D eigenvalue weighted by molar-refractivity contribution is -0.121. The largest absolute Gasteiger partial charge is 0.497 e. The summed E-state index contributed by atoms with van der Waals surface area (Å²) in [5, 5.41) is 2.88. The molecule has 0 saturated heterocycles. The van der Waals surface area contributed by atoms with E-state index in [4.69, 9.17) is 9.47 Å². The Balaban J connectivity index is 1.66. The summed E-state index contributed by atoms with van der Waals surface area (Å²) in [5.41, 5.74) is 3.73. The van der Waals surface area contributed by atoms with Crippen molar-refractivity contribution < 1.29 is 14.3 Å². The quantitative estimate of drug-likeness (QED) is 0.756. The lowest BCUT2D eigenvalue weighted by Crippen LogP contribution is -2.28. The number of methoxy groups -OCH3 is 1. The van der Waals surface area contributed by atoms with E-state index in [1.54, 1.807) is 7.11 Å². The van der Waals surface area contributed by atoms with E-state index >= 15 is 0 Å². The summed E-state index contributed by atoms with van der Waals surface area (Å²) in [6.07, 6.45) is 1.24. The predicted octanol–water partition coefficient (Wildman–Crippen LogP) is 3.44. The first-order valence-electron chi connectivity index (χ1n) is 8.18. The van der Waals surface area contributed by atoms with Gasteiger partial charge in [0, 0.05) is 12.5 Å². The molecule has 1 N–H and O–H groups in total. The first-order valence-corrected chi connectivity index (χ1v) is 8.18. The van der Waals surface area contributed by atoms with Crippen molar-refractivity contribution >= 4 is 5.91 Å². The van der Waals surface area contributed by atoms with Gasteiger partial charge >= 0.3 is 0 Å². The molecular formula is C20H25NO3. The van der Waals surface area contributed by atoms with Crippen molar-refractivity contribution in [2.75, 3.05) is 20.3 Å². The van der Waals surface area contributed by atoms with Crippen molar-refractivity contribution in [1.29, 1.82) is 0 Å². The Hall–Kier alpha value is -2.49. The fourth-order valence-electron chi connectivity index (χ4n) is 2.36. The van der Waals surface area contributed by atoms with Crippen LogP contribution in [0.2, 0.25) is 0 Å². The first kappa shape index (κ1) is 17.9. The van der Waals surface area contributed by atoms with E-state index in [1.807, 2.05) is 24.3 Å². The molecule has 2 rings (SSSR count). The number of carbonyl (C=O) groups excluding carboxylic acids is 1. The van der Waals surface area contributed by atoms with Crippen LogP contribution in [0.3, 0.4) is 0 Å². The van der Waals surface area contributed by atoms with Crippen LogP contribution in [0.15, 0.2) is 42.5 Å². The Bertz CT molecular complexity index is 682. The van der Waals surface area contributed by atoms with Crippen LogP contribution >= 0.6 is 0 Å². The van der Waals surface area contributed by atoms with Crippen molar-refractivity contribution in [1.82, 2.24) is 5.32 Å². The first-order chi connectivity index (χ1) is 11.6. The normalized spacial score (nSPS) is 10.3. The summed E-state index contributed by atoms with van der Waals surface area (Å²) in [4.78, 5) is 11.9. The minimum atomic E-state index is 0.0440. The summed E-state index contributed by atoms with van der Waals surface area (Å²) in [5.74, 6) is 1.53. The number of amides is 1. The molecule has 4 heteroatoms. The van der Waals surface area contributed by atoms with Gasteiger partial charge in [-0.25, -0.2) is 0 Å². The molecule has 0 fully saturated rings. The Labute approximate surface area is 143 Å². The zero-order valence-corrected chi connectivity index (χ0v) is 14.6. The number of ether oxygens (including phenoxy) is 2. The van der Waals surface area contributed by atoms with Crippen LogP contribution in [0.5, 0.6) is 11.5 Å². The molecule has 4 nitrogen and oxygen atoms in total. The second kappa shape index (κ2) is 8.96. The van der Waals surface area contributed by atoms with E-state index in [1.165, 1.54) is 16.7 Å². The molecule has 2 aromatic rings. The monoisotopic (exact) mass is 327 g/mol. The minimum Gasteiger partial charge on any atom is -0.497 e. The zero-order valence-electron chi connectivity index (χ0n) is 14.6. The maximum Gasteiger partial charge on any atom is 0.220 e. The molecule has 0 aliphatic carbocycles. The fourth-order valence-corrected chi connectivity index (χ4v) is 2.36. The molecule has 128 valence electrons. The van der Waals surface area contributed by atoms with Gasteiger partial charge in [-0.05, 0) is 49.1 Å². The SMILES string of the molecule is COc1cccc(OCCNC(=O)CCc2ccc(C)c(C)c2)c1. The van der Waals surface area contributed by atoms with Crippen LogP contribution in [-0.2, 0) is 11.2 Å². The molecule has 0 atom stereocenters. The smallest absolute Gasteiger partial charge is 0.220 e. The maximum atomic E-state index is 11.9. The molecule has 0 heterocycles. The summed E-state index contributed by atoms with van der Waals surface area (Å²) in [6, 6.07) is 13.8. The van der Waals surface area contributed by atoms with E-state index in [2.05, 4.69) is 37.4 Å². The van der Waals surface area contributed by atoms with E-state index in [9.17, 15) is 4.79 Å². The van der Waals surface area contributed by atoms with Crippen molar-refractivity contribution in [3.63, 3.8) is 0 Å². The van der Waals surface area contributed by atoms with E-state index in [-0.39, 0.29) is 5.91 Å². The second-order valence-electron chi connectivity index (χ2n) is 5.80. The molecule has 0 bridgehead atoms. The molecule has 0 aromatic heterocycles. The van der Waals surface area contributed by atoms with Gasteiger partial charge in [-0.15, -0.1) is 0 Å². The third-order valence-corrected chi connectivity index (χ3v) is 3.95. The summed E-state index contributed by atoms with van der Waals surface area (Å²) >= 11 is 0. The lowest BCUT2D eigenvalue weighted by atomic mass is 10.0. The van der Waals surface area contributed by atoms with E-state index in [0.717, 1.165) is 17.9 Å². The molecular weight excluding hydrogens is 302 g/mol. The van der Waals surface area contributed by atoms with Gasteiger partial charge in [-0.3, -0.25) is 4.79 Å². The van der Waals surface area contributed by atoms with Crippen molar-refractivity contribution in [2.24, 2.45) is 0 Å². The van der Waals surface area contributed by atoms with Crippen molar-refractivity contribution in [3.8, 4) is 11.5 Å². The number of nitrogens with one attached hydrogen (secondary N) is 1. The van der Waals surface area contributed by atoms with Crippen LogP contribution in [0, 0.1) is 13.8 Å². The third kappa shape index (κ3) is 5.61. The molecule has 0 aliphatic heterocycles. The second-order valence-corrected chi connectivity index (χ2v) is 5.80. The van der Waals surface area contributed by atoms with Gasteiger partial charge < -0.3 is 14.8 Å². The van der Waals surface area contributed by atoms with Crippen LogP contribution in [-0.4, -0.2) is 26.2 Å². The zero-order chi connectivity index (χ0) is 17.4. The van der Waals surface area contributed by atoms with Crippen LogP contribution in [0.25, 0.3) is 0 Å². The topological polar surface area (TPSA) is 47.6 Å². The average Bonchev–Trinajstić information content (AvgIpc) is 2.60. The van der Waals surface area contributed by atoms with Gasteiger partial charge in [0.2, 0.25) is 5.91 Å². The average molecular weight is 327 g/mol. The standard InChI is InChI=1S/C20H25NO3/c1-15-7-8-17(13-16(15)2)9-10-20(22)21-11-12-24-19-6-4-5-18(14-19)23-3/h4-8,13-14H,9-12H2,1-3H3,(H,21,22). The van der Waals surface area contributed by atoms with Crippen molar-refractivity contribution in [3.05, 3.63) is 59.2 Å². The van der Waals surface area contributed by atoms with Crippen molar-refractivity contribution in [2.45, 2.75) is 26.7 Å². The minimum absolute atomic E-state index is 0.0440. The molecule has 0 spiro atoms. The van der Waals surface area contributed by atoms with Gasteiger partial charge in [0.1, 0.15) is 18.1 Å². The van der Waals surface area contributed by atoms with Gasteiger partial charge in [0.05, 0.1) is 13.7 Å². The number of rotatable bonds is 8. The molecule has 1 amide bonds. The Morgan fingerprint density at radius 1 is 1.04 bits per heavy atom. The van der Waals surface area contributed by atoms with Crippen LogP contribution < -0.4 is 14.8 Å². The number of aryl methyl sites for hydroxylation is 3. The van der Waals surface area contributed by atoms with Crippen LogP contribution in [0.1, 0.15) is 23.1 Å². The highest BCUT2D eigenvalue weighted by molar-refractivity contribution is 5.76. The van der Waals surface area contributed by atoms with Gasteiger partial charge in [-0.1, -0.05) is 24.3 Å². The van der Waals surface area contributed by atoms with Crippen LogP contribution in [0.4, 0.5) is 0 Å². The maximum absolute atomic E-state index is 11.9. The van der Waals surface area contributed by atoms with Gasteiger partial charge in [0.25, 0.3) is 0 Å². The van der Waals surface area contributed by atoms with E-state index < -0.39 is 0 Å². The van der Waals surface area contributed by atoms with Gasteiger partial charge in [-0.2, -0.15) is 0 Å². The summed E-state index contributed by atoms with van der Waals surface area (Å²) in [7, 11) is 1.62. The Kier molecular flexibility index (Phi) is 6.67. The number of hydrogen-bond donors (Lipinski definition) is 1. The molecule has 0 saturated carbocycles. The number of carbonyl (C=O) groups is 1. The molecule has 24 heavy (non-hydrogen) atoms. The third-order valence-electron chi connectivity index (χ3n) is 3.95. The summed E-state index contributed by atoms with van der Waals surface area (Å²) < 4.78 is 10.7. The Morgan fingerprint density at radius 3 is 2.58 bits per heavy atom. The molecule has 2 aromatic carbocycles. The fraction of sp³-hybridized carbons (Fsp3) is 0.350. The molecule has 0 aliphatic rings. The van der Waals surface area contributed by atoms with E-state index in [0.29, 0.717) is 19.6 Å². The highest BCUT2D eigenvalue weighted by atomic mass is 16.5. The number of benzene rings is 2. The predicted molar refractivity (Wildman–Crippen MR) is 95.7 cm³/mol. The number of hydrogen-bond acceptors (Lipinski definition) is 3. The lowest BCUT2D eigenvalue weighted by Gasteiger charge is -2.09. The highest BCUT2D eigenvalue weighted by Crippen LogP contribution is 2.18. The molecule has 0 radical (unpaired) electrons. The summed E-state index contributed by atoms with van der Waals surface area (Å²) in [6.45, 7) is 5.11. The highest BCUT2D eigenvalue weighted by Gasteiger charge is 2.03. The Morgan fingerprint density at radius 2 is 1.83 bits per heavy atom.